The number of amides is 1. The molecule has 1 aromatic rings. The Morgan fingerprint density at radius 2 is 2.28 bits per heavy atom. The lowest BCUT2D eigenvalue weighted by atomic mass is 9.99. The van der Waals surface area contributed by atoms with E-state index in [-0.39, 0.29) is 21.7 Å². The predicted molar refractivity (Wildman–Crippen MR) is 73.4 cm³/mol. The molecule has 1 fully saturated rings. The molecule has 1 heterocycles. The first-order chi connectivity index (χ1) is 8.50. The van der Waals surface area contributed by atoms with Gasteiger partial charge in [-0.05, 0) is 40.4 Å². The van der Waals surface area contributed by atoms with Crippen molar-refractivity contribution in [2.45, 2.75) is 18.7 Å². The summed E-state index contributed by atoms with van der Waals surface area (Å²) in [6.45, 7) is 3.27. The second kappa shape index (κ2) is 5.57. The van der Waals surface area contributed by atoms with E-state index in [0.717, 1.165) is 6.42 Å². The first-order valence-corrected chi connectivity index (χ1v) is 7.11. The minimum absolute atomic E-state index is 0.116. The highest BCUT2D eigenvalue weighted by Crippen LogP contribution is 2.26. The van der Waals surface area contributed by atoms with Crippen molar-refractivity contribution in [1.82, 2.24) is 4.90 Å². The molecular weight excluding hydrogens is 321 g/mol. The standard InChI is InChI=1S/C13H14BrClFNO/c1-8-7-17(6-5-10(8)15)13(18)9-3-2-4-11(16)12(9)14/h2-4,8,10H,5-7H2,1H3. The number of alkyl halides is 1. The zero-order chi connectivity index (χ0) is 13.3. The first-order valence-electron chi connectivity index (χ1n) is 5.88. The lowest BCUT2D eigenvalue weighted by molar-refractivity contribution is 0.0685. The molecule has 98 valence electrons. The maximum atomic E-state index is 13.4. The molecule has 0 radical (unpaired) electrons. The fourth-order valence-electron chi connectivity index (χ4n) is 2.14. The molecule has 2 rings (SSSR count). The molecule has 1 amide bonds. The Bertz CT molecular complexity index is 468. The quantitative estimate of drug-likeness (QED) is 0.718. The van der Waals surface area contributed by atoms with Gasteiger partial charge >= 0.3 is 0 Å². The number of piperidine rings is 1. The van der Waals surface area contributed by atoms with Crippen LogP contribution < -0.4 is 0 Å². The molecule has 2 unspecified atom stereocenters. The summed E-state index contributed by atoms with van der Waals surface area (Å²) in [7, 11) is 0. The Hall–Kier alpha value is -0.610. The number of carbonyl (C=O) groups excluding carboxylic acids is 1. The third kappa shape index (κ3) is 2.69. The number of benzene rings is 1. The van der Waals surface area contributed by atoms with E-state index in [2.05, 4.69) is 15.9 Å². The van der Waals surface area contributed by atoms with E-state index in [1.54, 1.807) is 17.0 Å². The summed E-state index contributed by atoms with van der Waals surface area (Å²) >= 11 is 9.26. The summed E-state index contributed by atoms with van der Waals surface area (Å²) < 4.78 is 13.6. The Labute approximate surface area is 119 Å². The molecule has 0 bridgehead atoms. The van der Waals surface area contributed by atoms with Crippen LogP contribution >= 0.6 is 27.5 Å². The van der Waals surface area contributed by atoms with Gasteiger partial charge in [0.2, 0.25) is 0 Å². The minimum atomic E-state index is -0.416. The Morgan fingerprint density at radius 1 is 1.56 bits per heavy atom. The van der Waals surface area contributed by atoms with E-state index in [1.807, 2.05) is 6.92 Å². The summed E-state index contributed by atoms with van der Waals surface area (Å²) in [5.41, 5.74) is 0.371. The van der Waals surface area contributed by atoms with Crippen molar-refractivity contribution >= 4 is 33.4 Å². The number of hydrogen-bond acceptors (Lipinski definition) is 1. The topological polar surface area (TPSA) is 20.3 Å². The van der Waals surface area contributed by atoms with Gasteiger partial charge in [-0.15, -0.1) is 11.6 Å². The van der Waals surface area contributed by atoms with Gasteiger partial charge in [-0.3, -0.25) is 4.79 Å². The van der Waals surface area contributed by atoms with Crippen LogP contribution in [-0.4, -0.2) is 29.3 Å². The van der Waals surface area contributed by atoms with E-state index in [0.29, 0.717) is 18.7 Å². The van der Waals surface area contributed by atoms with Crippen molar-refractivity contribution in [3.8, 4) is 0 Å². The van der Waals surface area contributed by atoms with Crippen molar-refractivity contribution in [2.24, 2.45) is 5.92 Å². The highest BCUT2D eigenvalue weighted by molar-refractivity contribution is 9.10. The van der Waals surface area contributed by atoms with Gasteiger partial charge < -0.3 is 4.90 Å². The van der Waals surface area contributed by atoms with E-state index in [1.165, 1.54) is 6.07 Å². The van der Waals surface area contributed by atoms with Gasteiger partial charge in [-0.1, -0.05) is 13.0 Å². The Morgan fingerprint density at radius 3 is 2.94 bits per heavy atom. The molecule has 0 saturated carbocycles. The number of hydrogen-bond donors (Lipinski definition) is 0. The lowest BCUT2D eigenvalue weighted by Gasteiger charge is -2.34. The highest BCUT2D eigenvalue weighted by Gasteiger charge is 2.28. The van der Waals surface area contributed by atoms with Crippen molar-refractivity contribution in [3.63, 3.8) is 0 Å². The van der Waals surface area contributed by atoms with Crippen LogP contribution in [0.5, 0.6) is 0 Å². The Balaban J connectivity index is 2.19. The van der Waals surface area contributed by atoms with E-state index < -0.39 is 5.82 Å². The largest absolute Gasteiger partial charge is 0.338 e. The summed E-state index contributed by atoms with van der Waals surface area (Å²) in [5.74, 6) is -0.297. The Kier molecular flexibility index (Phi) is 4.28. The van der Waals surface area contributed by atoms with Gasteiger partial charge in [0.25, 0.3) is 5.91 Å². The fourth-order valence-corrected chi connectivity index (χ4v) is 2.75. The number of nitrogens with zero attached hydrogens (tertiary/aromatic N) is 1. The molecule has 1 aliphatic rings. The van der Waals surface area contributed by atoms with Crippen LogP contribution in [0.4, 0.5) is 4.39 Å². The molecule has 0 N–H and O–H groups in total. The second-order valence-corrected chi connectivity index (χ2v) is 5.99. The third-order valence-corrected chi connectivity index (χ3v) is 4.72. The average Bonchev–Trinajstić information content (AvgIpc) is 2.35. The molecule has 18 heavy (non-hydrogen) atoms. The van der Waals surface area contributed by atoms with Gasteiger partial charge in [0.05, 0.1) is 10.0 Å². The molecule has 0 aromatic heterocycles. The lowest BCUT2D eigenvalue weighted by Crippen LogP contribution is -2.43. The normalized spacial score (nSPS) is 24.1. The van der Waals surface area contributed by atoms with Gasteiger partial charge in [0.1, 0.15) is 5.82 Å². The van der Waals surface area contributed by atoms with Gasteiger partial charge in [-0.25, -0.2) is 4.39 Å². The molecule has 1 saturated heterocycles. The van der Waals surface area contributed by atoms with Crippen LogP contribution in [0.2, 0.25) is 0 Å². The molecule has 5 heteroatoms. The number of halogens is 3. The van der Waals surface area contributed by atoms with Crippen molar-refractivity contribution in [1.29, 1.82) is 0 Å². The third-order valence-electron chi connectivity index (χ3n) is 3.27. The van der Waals surface area contributed by atoms with Crippen LogP contribution in [0, 0.1) is 11.7 Å². The van der Waals surface area contributed by atoms with Crippen molar-refractivity contribution in [2.75, 3.05) is 13.1 Å². The highest BCUT2D eigenvalue weighted by atomic mass is 79.9. The number of likely N-dealkylation sites (tertiary alicyclic amines) is 1. The van der Waals surface area contributed by atoms with Gasteiger partial charge in [0, 0.05) is 18.5 Å². The molecular formula is C13H14BrClFNO. The molecule has 1 aromatic carbocycles. The van der Waals surface area contributed by atoms with E-state index in [4.69, 9.17) is 11.6 Å². The fraction of sp³-hybridized carbons (Fsp3) is 0.462. The van der Waals surface area contributed by atoms with Crippen molar-refractivity contribution in [3.05, 3.63) is 34.1 Å². The maximum absolute atomic E-state index is 13.4. The molecule has 2 atom stereocenters. The van der Waals surface area contributed by atoms with Crippen LogP contribution in [0.15, 0.2) is 22.7 Å². The first kappa shape index (κ1) is 13.8. The van der Waals surface area contributed by atoms with Gasteiger partial charge in [-0.2, -0.15) is 0 Å². The zero-order valence-corrected chi connectivity index (χ0v) is 12.3. The predicted octanol–water partition coefficient (Wildman–Crippen LogP) is 3.68. The maximum Gasteiger partial charge on any atom is 0.255 e. The van der Waals surface area contributed by atoms with Crippen molar-refractivity contribution < 1.29 is 9.18 Å². The SMILES string of the molecule is CC1CN(C(=O)c2cccc(F)c2Br)CCC1Cl. The summed E-state index contributed by atoms with van der Waals surface area (Å²) in [5, 5.41) is 0.116. The smallest absolute Gasteiger partial charge is 0.255 e. The van der Waals surface area contributed by atoms with Crippen LogP contribution in [-0.2, 0) is 0 Å². The number of carbonyl (C=O) groups is 1. The zero-order valence-electron chi connectivity index (χ0n) is 10.00. The second-order valence-electron chi connectivity index (χ2n) is 4.63. The van der Waals surface area contributed by atoms with E-state index in [9.17, 15) is 9.18 Å². The van der Waals surface area contributed by atoms with Crippen LogP contribution in [0.25, 0.3) is 0 Å². The number of rotatable bonds is 1. The molecule has 1 aliphatic heterocycles. The van der Waals surface area contributed by atoms with Gasteiger partial charge in [0.15, 0.2) is 0 Å². The summed E-state index contributed by atoms with van der Waals surface area (Å²) in [6.07, 6.45) is 0.779. The summed E-state index contributed by atoms with van der Waals surface area (Å²) in [6, 6.07) is 4.51. The average molecular weight is 335 g/mol. The van der Waals surface area contributed by atoms with Crippen LogP contribution in [0.1, 0.15) is 23.7 Å². The monoisotopic (exact) mass is 333 g/mol. The molecule has 0 aliphatic carbocycles. The van der Waals surface area contributed by atoms with E-state index >= 15 is 0 Å². The molecule has 0 spiro atoms. The summed E-state index contributed by atoms with van der Waals surface area (Å²) in [4.78, 5) is 14.1. The minimum Gasteiger partial charge on any atom is -0.338 e. The molecule has 2 nitrogen and oxygen atoms in total. The van der Waals surface area contributed by atoms with Crippen LogP contribution in [0.3, 0.4) is 0 Å².